The van der Waals surface area contributed by atoms with E-state index in [2.05, 4.69) is 53.7 Å². The van der Waals surface area contributed by atoms with Crippen LogP contribution in [0.25, 0.3) is 11.0 Å². The third-order valence-corrected chi connectivity index (χ3v) is 4.13. The zero-order valence-electron chi connectivity index (χ0n) is 12.0. The molecule has 102 valence electrons. The zero-order valence-corrected chi connectivity index (χ0v) is 12.0. The van der Waals surface area contributed by atoms with Crippen molar-refractivity contribution in [2.24, 2.45) is 13.0 Å². The maximum Gasteiger partial charge on any atom is 0.206 e. The highest BCUT2D eigenvalue weighted by Gasteiger charge is 2.22. The minimum Gasteiger partial charge on any atom is -0.345 e. The summed E-state index contributed by atoms with van der Waals surface area (Å²) in [4.78, 5) is 9.45. The summed E-state index contributed by atoms with van der Waals surface area (Å²) in [5.74, 6) is 1.82. The van der Waals surface area contributed by atoms with Gasteiger partial charge in [0.25, 0.3) is 0 Å². The number of imidazole rings is 1. The van der Waals surface area contributed by atoms with Gasteiger partial charge in [-0.25, -0.2) is 4.98 Å². The fourth-order valence-electron chi connectivity index (χ4n) is 3.12. The van der Waals surface area contributed by atoms with Gasteiger partial charge in [0.1, 0.15) is 0 Å². The van der Waals surface area contributed by atoms with Crippen LogP contribution in [0, 0.1) is 5.92 Å². The summed E-state index contributed by atoms with van der Waals surface area (Å²) in [5.41, 5.74) is 2.28. The van der Waals surface area contributed by atoms with E-state index in [9.17, 15) is 0 Å². The molecule has 0 N–H and O–H groups in total. The Kier molecular flexibility index (Phi) is 3.19. The van der Waals surface area contributed by atoms with Crippen molar-refractivity contribution in [3.05, 3.63) is 24.3 Å². The zero-order chi connectivity index (χ0) is 13.4. The standard InChI is InChI=1S/C15H22N4/c1-17-9-8-12(10-17)11-18(2)15-16-13-6-4-5-7-14(13)19(15)3/h4-7,12H,8-11H2,1-3H3. The number of hydrogen-bond donors (Lipinski definition) is 0. The van der Waals surface area contributed by atoms with Crippen LogP contribution in [-0.4, -0.2) is 48.2 Å². The van der Waals surface area contributed by atoms with Crippen molar-refractivity contribution in [3.8, 4) is 0 Å². The topological polar surface area (TPSA) is 24.3 Å². The summed E-state index contributed by atoms with van der Waals surface area (Å²) in [7, 11) is 6.45. The maximum absolute atomic E-state index is 4.75. The predicted molar refractivity (Wildman–Crippen MR) is 79.6 cm³/mol. The molecule has 4 nitrogen and oxygen atoms in total. The Morgan fingerprint density at radius 2 is 2.11 bits per heavy atom. The summed E-state index contributed by atoms with van der Waals surface area (Å²) in [6, 6.07) is 8.32. The molecule has 0 radical (unpaired) electrons. The molecule has 0 bridgehead atoms. The molecule has 0 aliphatic carbocycles. The Hall–Kier alpha value is -1.55. The molecule has 2 heterocycles. The summed E-state index contributed by atoms with van der Waals surface area (Å²) < 4.78 is 2.19. The largest absolute Gasteiger partial charge is 0.345 e. The van der Waals surface area contributed by atoms with Crippen molar-refractivity contribution in [3.63, 3.8) is 0 Å². The molecule has 1 aliphatic heterocycles. The average molecular weight is 258 g/mol. The Bertz CT molecular complexity index is 575. The minimum absolute atomic E-state index is 0.759. The Labute approximate surface area is 114 Å². The Morgan fingerprint density at radius 1 is 1.32 bits per heavy atom. The first-order valence-corrected chi connectivity index (χ1v) is 6.96. The number of benzene rings is 1. The second-order valence-corrected chi connectivity index (χ2v) is 5.76. The molecule has 0 spiro atoms. The Balaban J connectivity index is 1.81. The summed E-state index contributed by atoms with van der Waals surface area (Å²) in [5, 5.41) is 0. The third kappa shape index (κ3) is 2.32. The van der Waals surface area contributed by atoms with Gasteiger partial charge in [-0.3, -0.25) is 0 Å². The molecule has 19 heavy (non-hydrogen) atoms. The van der Waals surface area contributed by atoms with Gasteiger partial charge in [-0.15, -0.1) is 0 Å². The van der Waals surface area contributed by atoms with Crippen LogP contribution in [-0.2, 0) is 7.05 Å². The molecule has 1 aromatic heterocycles. The molecule has 1 atom stereocenters. The summed E-state index contributed by atoms with van der Waals surface area (Å²) in [6.45, 7) is 3.51. The SMILES string of the molecule is CN1CCC(CN(C)c2nc3ccccc3n2C)C1. The number of anilines is 1. The van der Waals surface area contributed by atoms with Crippen LogP contribution in [0.4, 0.5) is 5.95 Å². The lowest BCUT2D eigenvalue weighted by atomic mass is 10.1. The van der Waals surface area contributed by atoms with E-state index in [-0.39, 0.29) is 0 Å². The second kappa shape index (κ2) is 4.85. The fourth-order valence-corrected chi connectivity index (χ4v) is 3.12. The number of nitrogens with zero attached hydrogens (tertiary/aromatic N) is 4. The quantitative estimate of drug-likeness (QED) is 0.841. The number of hydrogen-bond acceptors (Lipinski definition) is 3. The van der Waals surface area contributed by atoms with Gasteiger partial charge in [0, 0.05) is 27.2 Å². The van der Waals surface area contributed by atoms with Crippen LogP contribution in [0.15, 0.2) is 24.3 Å². The number of para-hydroxylation sites is 2. The molecular formula is C15H22N4. The van der Waals surface area contributed by atoms with Gasteiger partial charge in [-0.2, -0.15) is 0 Å². The van der Waals surface area contributed by atoms with Gasteiger partial charge >= 0.3 is 0 Å². The highest BCUT2D eigenvalue weighted by Crippen LogP contribution is 2.22. The second-order valence-electron chi connectivity index (χ2n) is 5.76. The molecule has 4 heteroatoms. The highest BCUT2D eigenvalue weighted by atomic mass is 15.3. The van der Waals surface area contributed by atoms with E-state index in [0.717, 1.165) is 23.9 Å². The van der Waals surface area contributed by atoms with Gasteiger partial charge in [-0.05, 0) is 38.1 Å². The van der Waals surface area contributed by atoms with Crippen molar-refractivity contribution in [2.75, 3.05) is 38.6 Å². The van der Waals surface area contributed by atoms with Crippen LogP contribution in [0.2, 0.25) is 0 Å². The normalized spacial score (nSPS) is 20.3. The fraction of sp³-hybridized carbons (Fsp3) is 0.533. The molecule has 3 rings (SSSR count). The summed E-state index contributed by atoms with van der Waals surface area (Å²) in [6.07, 6.45) is 1.30. The molecule has 1 fully saturated rings. The lowest BCUT2D eigenvalue weighted by molar-refractivity contribution is 0.395. The van der Waals surface area contributed by atoms with Crippen LogP contribution in [0.1, 0.15) is 6.42 Å². The number of aryl methyl sites for hydroxylation is 1. The van der Waals surface area contributed by atoms with Crippen LogP contribution in [0.5, 0.6) is 0 Å². The van der Waals surface area contributed by atoms with Gasteiger partial charge in [-0.1, -0.05) is 12.1 Å². The van der Waals surface area contributed by atoms with Crippen molar-refractivity contribution < 1.29 is 0 Å². The first-order chi connectivity index (χ1) is 9.15. The van der Waals surface area contributed by atoms with Gasteiger partial charge in [0.15, 0.2) is 0 Å². The first kappa shape index (κ1) is 12.5. The van der Waals surface area contributed by atoms with E-state index in [1.807, 2.05) is 6.07 Å². The van der Waals surface area contributed by atoms with Gasteiger partial charge in [0.2, 0.25) is 5.95 Å². The number of aromatic nitrogens is 2. The predicted octanol–water partition coefficient (Wildman–Crippen LogP) is 1.96. The monoisotopic (exact) mass is 258 g/mol. The Morgan fingerprint density at radius 3 is 2.79 bits per heavy atom. The highest BCUT2D eigenvalue weighted by molar-refractivity contribution is 5.78. The van der Waals surface area contributed by atoms with E-state index < -0.39 is 0 Å². The maximum atomic E-state index is 4.75. The third-order valence-electron chi connectivity index (χ3n) is 4.13. The van der Waals surface area contributed by atoms with E-state index in [0.29, 0.717) is 0 Å². The van der Waals surface area contributed by atoms with E-state index in [4.69, 9.17) is 4.98 Å². The van der Waals surface area contributed by atoms with E-state index >= 15 is 0 Å². The van der Waals surface area contributed by atoms with E-state index in [1.165, 1.54) is 25.0 Å². The lowest BCUT2D eigenvalue weighted by Crippen LogP contribution is -2.29. The van der Waals surface area contributed by atoms with Crippen molar-refractivity contribution in [2.45, 2.75) is 6.42 Å². The van der Waals surface area contributed by atoms with Crippen LogP contribution in [0.3, 0.4) is 0 Å². The van der Waals surface area contributed by atoms with Gasteiger partial charge in [0.05, 0.1) is 11.0 Å². The van der Waals surface area contributed by atoms with Crippen LogP contribution >= 0.6 is 0 Å². The smallest absolute Gasteiger partial charge is 0.206 e. The van der Waals surface area contributed by atoms with Crippen molar-refractivity contribution in [1.82, 2.24) is 14.5 Å². The molecule has 1 saturated heterocycles. The van der Waals surface area contributed by atoms with Crippen molar-refractivity contribution in [1.29, 1.82) is 0 Å². The van der Waals surface area contributed by atoms with Crippen molar-refractivity contribution >= 4 is 17.0 Å². The molecule has 1 unspecified atom stereocenters. The number of rotatable bonds is 3. The van der Waals surface area contributed by atoms with E-state index in [1.54, 1.807) is 0 Å². The molecule has 1 aliphatic rings. The summed E-state index contributed by atoms with van der Waals surface area (Å²) >= 11 is 0. The molecule has 0 amide bonds. The first-order valence-electron chi connectivity index (χ1n) is 6.96. The number of fused-ring (bicyclic) bond motifs is 1. The molecule has 0 saturated carbocycles. The lowest BCUT2D eigenvalue weighted by Gasteiger charge is -2.22. The molecular weight excluding hydrogens is 236 g/mol. The minimum atomic E-state index is 0.759. The molecule has 2 aromatic rings. The number of likely N-dealkylation sites (tertiary alicyclic amines) is 1. The van der Waals surface area contributed by atoms with Gasteiger partial charge < -0.3 is 14.4 Å². The van der Waals surface area contributed by atoms with Crippen LogP contribution < -0.4 is 4.90 Å². The average Bonchev–Trinajstić information content (AvgIpc) is 2.94. The molecule has 1 aromatic carbocycles.